The van der Waals surface area contributed by atoms with E-state index in [-0.39, 0.29) is 5.91 Å². The molecule has 1 amide bonds. The molecule has 18 heavy (non-hydrogen) atoms. The highest BCUT2D eigenvalue weighted by atomic mass is 16.2. The molecule has 0 unspecified atom stereocenters. The molecule has 0 atom stereocenters. The summed E-state index contributed by atoms with van der Waals surface area (Å²) < 4.78 is 0. The van der Waals surface area contributed by atoms with Crippen LogP contribution in [-0.4, -0.2) is 30.4 Å². The SMILES string of the molecule is CC(C)c1ccc2c(c1)C(=O)N(CCCN)CC2. The lowest BCUT2D eigenvalue weighted by molar-refractivity contribution is 0.0739. The molecule has 1 aliphatic heterocycles. The number of benzene rings is 1. The quantitative estimate of drug-likeness (QED) is 0.885. The van der Waals surface area contributed by atoms with Crippen LogP contribution in [0, 0.1) is 0 Å². The normalized spacial score (nSPS) is 15.1. The molecular formula is C15H22N2O. The van der Waals surface area contributed by atoms with E-state index < -0.39 is 0 Å². The molecular weight excluding hydrogens is 224 g/mol. The Morgan fingerprint density at radius 1 is 1.39 bits per heavy atom. The number of amides is 1. The molecule has 2 N–H and O–H groups in total. The van der Waals surface area contributed by atoms with E-state index in [0.717, 1.165) is 31.5 Å². The number of fused-ring (bicyclic) bond motifs is 1. The standard InChI is InChI=1S/C15H22N2O/c1-11(2)13-5-4-12-6-9-17(8-3-7-16)15(18)14(12)10-13/h4-5,10-11H,3,6-9,16H2,1-2H3. The molecule has 0 bridgehead atoms. The van der Waals surface area contributed by atoms with Crippen molar-refractivity contribution in [2.45, 2.75) is 32.6 Å². The highest BCUT2D eigenvalue weighted by Crippen LogP contribution is 2.24. The van der Waals surface area contributed by atoms with E-state index in [9.17, 15) is 4.79 Å². The van der Waals surface area contributed by atoms with Gasteiger partial charge in [0.25, 0.3) is 5.91 Å². The van der Waals surface area contributed by atoms with E-state index >= 15 is 0 Å². The average Bonchev–Trinajstić information content (AvgIpc) is 2.37. The predicted octanol–water partition coefficient (Wildman–Crippen LogP) is 2.16. The Labute approximate surface area is 109 Å². The fourth-order valence-corrected chi connectivity index (χ4v) is 2.39. The molecule has 3 heteroatoms. The topological polar surface area (TPSA) is 46.3 Å². The van der Waals surface area contributed by atoms with Crippen molar-refractivity contribution in [2.75, 3.05) is 19.6 Å². The van der Waals surface area contributed by atoms with Gasteiger partial charge in [0, 0.05) is 18.7 Å². The van der Waals surface area contributed by atoms with Crippen molar-refractivity contribution in [2.24, 2.45) is 5.73 Å². The fourth-order valence-electron chi connectivity index (χ4n) is 2.39. The van der Waals surface area contributed by atoms with Gasteiger partial charge in [0.05, 0.1) is 0 Å². The Morgan fingerprint density at radius 3 is 2.83 bits per heavy atom. The molecule has 1 aromatic rings. The zero-order chi connectivity index (χ0) is 13.1. The fraction of sp³-hybridized carbons (Fsp3) is 0.533. The number of carbonyl (C=O) groups excluding carboxylic acids is 1. The van der Waals surface area contributed by atoms with Crippen molar-refractivity contribution in [1.82, 2.24) is 4.90 Å². The molecule has 0 saturated heterocycles. The van der Waals surface area contributed by atoms with Crippen LogP contribution in [0.2, 0.25) is 0 Å². The van der Waals surface area contributed by atoms with Gasteiger partial charge in [0.2, 0.25) is 0 Å². The Hall–Kier alpha value is -1.35. The third-order valence-corrected chi connectivity index (χ3v) is 3.60. The highest BCUT2D eigenvalue weighted by Gasteiger charge is 2.24. The molecule has 1 aromatic carbocycles. The minimum atomic E-state index is 0.173. The average molecular weight is 246 g/mol. The van der Waals surface area contributed by atoms with Crippen molar-refractivity contribution in [3.63, 3.8) is 0 Å². The van der Waals surface area contributed by atoms with Crippen molar-refractivity contribution in [1.29, 1.82) is 0 Å². The molecule has 0 radical (unpaired) electrons. The van der Waals surface area contributed by atoms with E-state index in [0.29, 0.717) is 12.5 Å². The Kier molecular flexibility index (Phi) is 4.02. The minimum absolute atomic E-state index is 0.173. The molecule has 98 valence electrons. The summed E-state index contributed by atoms with van der Waals surface area (Å²) in [6.07, 6.45) is 1.84. The van der Waals surface area contributed by atoms with Crippen LogP contribution in [-0.2, 0) is 6.42 Å². The van der Waals surface area contributed by atoms with Crippen molar-refractivity contribution >= 4 is 5.91 Å². The van der Waals surface area contributed by atoms with Crippen molar-refractivity contribution in [3.05, 3.63) is 34.9 Å². The summed E-state index contributed by atoms with van der Waals surface area (Å²) in [4.78, 5) is 14.3. The van der Waals surface area contributed by atoms with E-state index in [2.05, 4.69) is 32.0 Å². The molecule has 0 aliphatic carbocycles. The second-order valence-electron chi connectivity index (χ2n) is 5.26. The van der Waals surface area contributed by atoms with Gasteiger partial charge in [-0.25, -0.2) is 0 Å². The molecule has 0 fully saturated rings. The van der Waals surface area contributed by atoms with E-state index in [1.807, 2.05) is 4.90 Å². The van der Waals surface area contributed by atoms with Crippen LogP contribution in [0.3, 0.4) is 0 Å². The van der Waals surface area contributed by atoms with Gasteiger partial charge in [-0.15, -0.1) is 0 Å². The molecule has 2 rings (SSSR count). The lowest BCUT2D eigenvalue weighted by Crippen LogP contribution is -2.38. The van der Waals surface area contributed by atoms with Crippen LogP contribution in [0.5, 0.6) is 0 Å². The maximum Gasteiger partial charge on any atom is 0.254 e. The Bertz CT molecular complexity index is 440. The monoisotopic (exact) mass is 246 g/mol. The van der Waals surface area contributed by atoms with Gasteiger partial charge in [-0.1, -0.05) is 26.0 Å². The van der Waals surface area contributed by atoms with Gasteiger partial charge in [-0.3, -0.25) is 4.79 Å². The molecule has 1 aliphatic rings. The zero-order valence-electron chi connectivity index (χ0n) is 11.3. The van der Waals surface area contributed by atoms with E-state index in [1.54, 1.807) is 0 Å². The number of hydrogen-bond acceptors (Lipinski definition) is 2. The summed E-state index contributed by atoms with van der Waals surface area (Å²) in [5.74, 6) is 0.634. The van der Waals surface area contributed by atoms with E-state index in [1.165, 1.54) is 11.1 Å². The van der Waals surface area contributed by atoms with Crippen LogP contribution < -0.4 is 5.73 Å². The van der Waals surface area contributed by atoms with E-state index in [4.69, 9.17) is 5.73 Å². The largest absolute Gasteiger partial charge is 0.338 e. The minimum Gasteiger partial charge on any atom is -0.338 e. The predicted molar refractivity (Wildman–Crippen MR) is 73.8 cm³/mol. The number of nitrogens with two attached hydrogens (primary N) is 1. The third kappa shape index (κ3) is 2.56. The highest BCUT2D eigenvalue weighted by molar-refractivity contribution is 5.97. The number of nitrogens with zero attached hydrogens (tertiary/aromatic N) is 1. The van der Waals surface area contributed by atoms with Crippen LogP contribution in [0.25, 0.3) is 0 Å². The summed E-state index contributed by atoms with van der Waals surface area (Å²) in [7, 11) is 0. The van der Waals surface area contributed by atoms with Crippen LogP contribution in [0.1, 0.15) is 47.7 Å². The van der Waals surface area contributed by atoms with Gasteiger partial charge in [0.1, 0.15) is 0 Å². The summed E-state index contributed by atoms with van der Waals surface area (Å²) in [5, 5.41) is 0. The molecule has 0 aromatic heterocycles. The summed E-state index contributed by atoms with van der Waals surface area (Å²) in [6, 6.07) is 6.33. The number of carbonyl (C=O) groups is 1. The smallest absolute Gasteiger partial charge is 0.254 e. The Morgan fingerprint density at radius 2 is 2.17 bits per heavy atom. The van der Waals surface area contributed by atoms with Gasteiger partial charge in [-0.2, -0.15) is 0 Å². The number of hydrogen-bond donors (Lipinski definition) is 1. The maximum absolute atomic E-state index is 12.4. The van der Waals surface area contributed by atoms with Gasteiger partial charge in [-0.05, 0) is 42.5 Å². The number of rotatable bonds is 4. The van der Waals surface area contributed by atoms with Crippen molar-refractivity contribution < 1.29 is 4.79 Å². The Balaban J connectivity index is 2.24. The first kappa shape index (κ1) is 13.1. The maximum atomic E-state index is 12.4. The van der Waals surface area contributed by atoms with Crippen LogP contribution in [0.15, 0.2) is 18.2 Å². The van der Waals surface area contributed by atoms with Crippen LogP contribution >= 0.6 is 0 Å². The lowest BCUT2D eigenvalue weighted by atomic mass is 9.93. The lowest BCUT2D eigenvalue weighted by Gasteiger charge is -2.29. The first-order valence-corrected chi connectivity index (χ1v) is 6.75. The van der Waals surface area contributed by atoms with Crippen LogP contribution in [0.4, 0.5) is 0 Å². The summed E-state index contributed by atoms with van der Waals surface area (Å²) >= 11 is 0. The molecule has 3 nitrogen and oxygen atoms in total. The first-order valence-electron chi connectivity index (χ1n) is 6.75. The molecule has 0 saturated carbocycles. The molecule has 1 heterocycles. The second-order valence-corrected chi connectivity index (χ2v) is 5.26. The van der Waals surface area contributed by atoms with Gasteiger partial charge in [0.15, 0.2) is 0 Å². The summed E-state index contributed by atoms with van der Waals surface area (Å²) in [5.41, 5.74) is 8.83. The summed E-state index contributed by atoms with van der Waals surface area (Å²) in [6.45, 7) is 6.55. The van der Waals surface area contributed by atoms with Gasteiger partial charge >= 0.3 is 0 Å². The molecule has 0 spiro atoms. The first-order chi connectivity index (χ1) is 8.63. The third-order valence-electron chi connectivity index (χ3n) is 3.60. The van der Waals surface area contributed by atoms with Crippen molar-refractivity contribution in [3.8, 4) is 0 Å². The van der Waals surface area contributed by atoms with Gasteiger partial charge < -0.3 is 10.6 Å². The second kappa shape index (κ2) is 5.53. The zero-order valence-corrected chi connectivity index (χ0v) is 11.3.